The summed E-state index contributed by atoms with van der Waals surface area (Å²) in [5.41, 5.74) is 2.88. The fourth-order valence-corrected chi connectivity index (χ4v) is 6.56. The number of nitro benzene ring substituents is 4. The Labute approximate surface area is 526 Å². The van der Waals surface area contributed by atoms with E-state index in [1.165, 1.54) is 92.4 Å². The molecule has 0 fully saturated rings. The zero-order valence-corrected chi connectivity index (χ0v) is 51.2. The summed E-state index contributed by atoms with van der Waals surface area (Å²) in [4.78, 5) is 116. The second kappa shape index (κ2) is 51.4. The number of aldehydes is 1. The Bertz CT molecular complexity index is 2850. The molecule has 2 aliphatic heterocycles. The number of carboxylic acids is 2. The quantitative estimate of drug-likeness (QED) is 0.0115. The molecule has 2 aliphatic rings. The zero-order valence-electron chi connectivity index (χ0n) is 48.4. The number of halogens is 1. The molecule has 6 rings (SSSR count). The van der Waals surface area contributed by atoms with Crippen molar-refractivity contribution in [2.45, 2.75) is 78.9 Å². The van der Waals surface area contributed by atoms with Crippen molar-refractivity contribution >= 4 is 89.1 Å². The first-order chi connectivity index (χ1) is 41.1. The van der Waals surface area contributed by atoms with E-state index in [4.69, 9.17) is 44.5 Å². The van der Waals surface area contributed by atoms with Gasteiger partial charge in [0.25, 0.3) is 28.7 Å². The van der Waals surface area contributed by atoms with Crippen LogP contribution < -0.4 is 40.1 Å². The van der Waals surface area contributed by atoms with E-state index in [0.29, 0.717) is 65.9 Å². The molecule has 2 atom stereocenters. The number of carbonyl (C=O) groups excluding carboxylic acids is 4. The van der Waals surface area contributed by atoms with Crippen LogP contribution in [0.5, 0.6) is 0 Å². The number of hydrogen-bond donors (Lipinski definition) is 5. The Balaban J connectivity index is -0.000000496. The molecule has 32 nitrogen and oxygen atoms in total. The van der Waals surface area contributed by atoms with Crippen molar-refractivity contribution < 1.29 is 118 Å². The van der Waals surface area contributed by atoms with Crippen LogP contribution in [0.1, 0.15) is 93.8 Å². The molecule has 6 N–H and O–H groups in total. The molecule has 470 valence electrons. The van der Waals surface area contributed by atoms with Crippen LogP contribution in [-0.2, 0) is 38.4 Å². The van der Waals surface area contributed by atoms with Crippen LogP contribution in [0.25, 0.3) is 0 Å². The van der Waals surface area contributed by atoms with E-state index in [2.05, 4.69) is 65.5 Å². The smallest absolute Gasteiger partial charge is 0.769 e. The molecule has 2 heterocycles. The fourth-order valence-electron chi connectivity index (χ4n) is 6.56. The summed E-state index contributed by atoms with van der Waals surface area (Å²) in [6, 6.07) is 23.4. The summed E-state index contributed by atoms with van der Waals surface area (Å²) < 4.78 is 12.7. The van der Waals surface area contributed by atoms with Gasteiger partial charge in [-0.25, -0.2) is 17.8 Å². The van der Waals surface area contributed by atoms with Crippen LogP contribution in [-0.4, -0.2) is 156 Å². The van der Waals surface area contributed by atoms with E-state index >= 15 is 0 Å². The molecule has 4 aromatic carbocycles. The number of carbonyl (C=O) groups is 6. The Kier molecular flexibility index (Phi) is 49.9. The molecule has 1 amide bonds. The van der Waals surface area contributed by atoms with E-state index in [1.807, 2.05) is 20.6 Å². The minimum Gasteiger partial charge on any atom is -0.769 e. The van der Waals surface area contributed by atoms with Crippen molar-refractivity contribution in [3.8, 4) is 0 Å². The third-order valence-electron chi connectivity index (χ3n) is 10.7. The number of rotatable bonds is 21. The van der Waals surface area contributed by atoms with Gasteiger partial charge in [-0.2, -0.15) is 0 Å². The van der Waals surface area contributed by atoms with Gasteiger partial charge in [0, 0.05) is 96.7 Å². The number of ether oxygens (including phenoxy) is 1. The standard InChI is InChI=1S/C17H21N3O6.C11H10N2O5.C7H6N2O3.C7H5NO3.C6H15N.C4H6O2.CH2O.ClO.H3NO.Na/c1-3-19(4-2)16(21)11-25-17(22)10-14-9-15(18-26-14)12-6-5-7-13(8-12)20(23)24;14-11(15)6-9-5-10(12-18-9)7-2-1-3-8(4-7)13(16)17;10-8-5-6-2-1-3-7(4-6)9(11)12;9-5-6-2-1-3-7(4-6)8(10)11;1-4-7(5-2)6-3;1-2-3-4(5)6;3*1-2;/h5-8,14H,3-4,9-11H2,1-2H3;1-4,9H,5-6H2,(H,14,15);1-5,10H;1-5H;4-6H2,1-3H3;2H,1,3H2,(H,5,6);1H2;;2H,1H2;/q;;;;;;;-1;;+1/b;;8-5+;;;;;;;. The average Bonchev–Trinajstić information content (AvgIpc) is 4.31. The van der Waals surface area contributed by atoms with Gasteiger partial charge >= 0.3 is 47.5 Å². The molecule has 0 saturated heterocycles. The van der Waals surface area contributed by atoms with Crippen molar-refractivity contribution in [2.24, 2.45) is 21.4 Å². The first-order valence-corrected chi connectivity index (χ1v) is 25.4. The number of aliphatic carboxylic acids is 2. The third kappa shape index (κ3) is 37.1. The minimum absolute atomic E-state index is 0. The molecular weight excluding hydrogens is 1190 g/mol. The van der Waals surface area contributed by atoms with Crippen LogP contribution in [0.3, 0.4) is 0 Å². The maximum absolute atomic E-state index is 11.9. The zero-order chi connectivity index (χ0) is 66.2. The van der Waals surface area contributed by atoms with Crippen LogP contribution in [0, 0.1) is 40.5 Å². The maximum Gasteiger partial charge on any atom is 1.00 e. The Morgan fingerprint density at radius 3 is 1.37 bits per heavy atom. The molecular formula is C53H68ClN10NaO22. The number of nitrogens with two attached hydrogens (primary N) is 1. The van der Waals surface area contributed by atoms with Crippen molar-refractivity contribution in [1.29, 1.82) is 0 Å². The summed E-state index contributed by atoms with van der Waals surface area (Å²) in [7, 11) is 0. The van der Waals surface area contributed by atoms with E-state index in [-0.39, 0.29) is 84.1 Å². The number of hydrogen-bond acceptors (Lipinski definition) is 25. The molecule has 0 aromatic heterocycles. The van der Waals surface area contributed by atoms with Gasteiger partial charge in [-0.05, 0) is 33.5 Å². The Morgan fingerprint density at radius 1 is 0.667 bits per heavy atom. The van der Waals surface area contributed by atoms with Gasteiger partial charge in [0.2, 0.25) is 0 Å². The molecule has 0 aliphatic carbocycles. The van der Waals surface area contributed by atoms with Crippen LogP contribution in [0.2, 0.25) is 0 Å². The molecule has 4 aromatic rings. The maximum atomic E-state index is 11.9. The van der Waals surface area contributed by atoms with E-state index in [0.717, 1.165) is 6.21 Å². The van der Waals surface area contributed by atoms with Gasteiger partial charge in [0.05, 0.1) is 56.6 Å². The molecule has 0 bridgehead atoms. The number of carboxylic acid groups (broad SMARTS) is 2. The largest absolute Gasteiger partial charge is 1.00 e. The van der Waals surface area contributed by atoms with Crippen molar-refractivity contribution in [1.82, 2.24) is 9.80 Å². The van der Waals surface area contributed by atoms with Gasteiger partial charge in [0.1, 0.15) is 25.3 Å². The van der Waals surface area contributed by atoms with Crippen molar-refractivity contribution in [3.05, 3.63) is 172 Å². The van der Waals surface area contributed by atoms with Crippen LogP contribution in [0.4, 0.5) is 22.7 Å². The van der Waals surface area contributed by atoms with Crippen molar-refractivity contribution in [2.75, 3.05) is 39.3 Å². The van der Waals surface area contributed by atoms with Gasteiger partial charge in [0.15, 0.2) is 6.61 Å². The number of esters is 1. The number of oxime groups is 3. The normalized spacial score (nSPS) is 12.5. The number of non-ortho nitro benzene ring substituents is 4. The van der Waals surface area contributed by atoms with Gasteiger partial charge in [-0.3, -0.25) is 64.4 Å². The summed E-state index contributed by atoms with van der Waals surface area (Å²) in [5, 5.41) is 83.4. The predicted molar refractivity (Wildman–Crippen MR) is 310 cm³/mol. The second-order valence-electron chi connectivity index (χ2n) is 16.2. The number of amides is 1. The third-order valence-corrected chi connectivity index (χ3v) is 10.7. The summed E-state index contributed by atoms with van der Waals surface area (Å²) in [6.45, 7) is 19.9. The Morgan fingerprint density at radius 2 is 1.05 bits per heavy atom. The minimum atomic E-state index is -0.963. The van der Waals surface area contributed by atoms with Crippen LogP contribution in [0.15, 0.2) is 125 Å². The van der Waals surface area contributed by atoms with E-state index in [9.17, 15) is 64.4 Å². The molecule has 87 heavy (non-hydrogen) atoms. The first kappa shape index (κ1) is 84.4. The molecule has 0 radical (unpaired) electrons. The molecule has 2 unspecified atom stereocenters. The van der Waals surface area contributed by atoms with Crippen molar-refractivity contribution in [3.63, 3.8) is 0 Å². The van der Waals surface area contributed by atoms with Crippen LogP contribution >= 0.6 is 11.9 Å². The van der Waals surface area contributed by atoms with Gasteiger partial charge in [-0.15, -0.1) is 6.58 Å². The molecule has 0 spiro atoms. The summed E-state index contributed by atoms with van der Waals surface area (Å²) in [6.07, 6.45) is 2.59. The van der Waals surface area contributed by atoms with Gasteiger partial charge < -0.3 is 54.3 Å². The summed E-state index contributed by atoms with van der Waals surface area (Å²) >= 11 is 3.39. The number of benzene rings is 4. The van der Waals surface area contributed by atoms with E-state index < -0.39 is 49.8 Å². The Hall–Kier alpha value is -9.02. The monoisotopic (exact) mass is 1250 g/mol. The first-order valence-electron chi connectivity index (χ1n) is 25.1. The SMILES string of the molecule is C=CCC(=O)O.C=O.CCN(CC)C(=O)COC(=O)CC1CC(c2cccc([N+](=O)[O-])c2)=NO1.CCN(CC)CC.NO.O=C(O)CC1CC(c2cccc([N+](=O)[O-])c2)=NO1.O=Cc1cccc([N+](=O)[O-])c1.O=[N+]([O-])c1cccc(/C=N/O)c1.[Na+].[O-]Cl. The second-order valence-corrected chi connectivity index (χ2v) is 16.2. The fraction of sp³-hybridized carbons (Fsp3) is 0.340. The summed E-state index contributed by atoms with van der Waals surface area (Å²) in [5.74, 6) is 0.913. The average molecular weight is 1260 g/mol. The van der Waals surface area contributed by atoms with E-state index in [1.54, 1.807) is 35.2 Å². The molecule has 0 saturated carbocycles. The molecule has 34 heteroatoms. The number of likely N-dealkylation sites (N-methyl/N-ethyl adjacent to an activating group) is 1. The topological polar surface area (TPSA) is 476 Å². The predicted octanol–water partition coefficient (Wildman–Crippen LogP) is 3.91. The number of nitro groups is 4. The number of nitrogens with zero attached hydrogens (tertiary/aromatic N) is 9. The van der Waals surface area contributed by atoms with Gasteiger partial charge in [-0.1, -0.05) is 90.8 Å².